The molecule has 0 heterocycles. The van der Waals surface area contributed by atoms with Crippen LogP contribution in [0, 0.1) is 10.7 Å². The standard InChI is InChI=1S/C15H11I3O7S/c16-10-5-8(1-2-13(10)19)15(20)25-4-3-24-9-6-11(17)14(12(18)7-9)26(21,22)23/h1-2,5-7,19H,3-4H2,(H,21,22,23)/p-1. The molecule has 0 saturated heterocycles. The summed E-state index contributed by atoms with van der Waals surface area (Å²) < 4.78 is 45.2. The molecule has 2 aromatic rings. The molecule has 0 unspecified atom stereocenters. The van der Waals surface area contributed by atoms with Crippen molar-refractivity contribution < 1.29 is 32.3 Å². The van der Waals surface area contributed by atoms with E-state index in [4.69, 9.17) is 9.47 Å². The zero-order chi connectivity index (χ0) is 19.5. The Morgan fingerprint density at radius 3 is 2.19 bits per heavy atom. The number of aromatic hydroxyl groups is 1. The van der Waals surface area contributed by atoms with Crippen LogP contribution in [0.25, 0.3) is 0 Å². The minimum atomic E-state index is -4.56. The largest absolute Gasteiger partial charge is 0.744 e. The molecule has 7 nitrogen and oxygen atoms in total. The minimum Gasteiger partial charge on any atom is -0.744 e. The Labute approximate surface area is 190 Å². The van der Waals surface area contributed by atoms with Crippen LogP contribution in [-0.4, -0.2) is 37.3 Å². The van der Waals surface area contributed by atoms with E-state index in [0.717, 1.165) is 0 Å². The molecule has 26 heavy (non-hydrogen) atoms. The molecule has 0 saturated carbocycles. The Hall–Kier alpha value is -0.390. The summed E-state index contributed by atoms with van der Waals surface area (Å²) in [5.41, 5.74) is 0.307. The lowest BCUT2D eigenvalue weighted by atomic mass is 10.2. The second-order valence-electron chi connectivity index (χ2n) is 4.82. The van der Waals surface area contributed by atoms with Crippen LogP contribution in [0.5, 0.6) is 11.5 Å². The molecule has 0 aliphatic heterocycles. The van der Waals surface area contributed by atoms with Crippen molar-refractivity contribution in [2.45, 2.75) is 4.90 Å². The van der Waals surface area contributed by atoms with Crippen molar-refractivity contribution in [1.82, 2.24) is 0 Å². The van der Waals surface area contributed by atoms with Gasteiger partial charge in [-0.25, -0.2) is 13.2 Å². The fourth-order valence-electron chi connectivity index (χ4n) is 1.87. The summed E-state index contributed by atoms with van der Waals surface area (Å²) in [4.78, 5) is 11.6. The second-order valence-corrected chi connectivity index (χ2v) is 9.62. The highest BCUT2D eigenvalue weighted by Crippen LogP contribution is 2.29. The number of carbonyl (C=O) groups is 1. The lowest BCUT2D eigenvalue weighted by molar-refractivity contribution is 0.0450. The average Bonchev–Trinajstić information content (AvgIpc) is 2.52. The summed E-state index contributed by atoms with van der Waals surface area (Å²) in [6, 6.07) is 7.22. The highest BCUT2D eigenvalue weighted by atomic mass is 127. The molecule has 2 rings (SSSR count). The van der Waals surface area contributed by atoms with Crippen LogP contribution in [0.15, 0.2) is 35.2 Å². The van der Waals surface area contributed by atoms with E-state index >= 15 is 0 Å². The number of halogens is 3. The zero-order valence-corrected chi connectivity index (χ0v) is 20.0. The SMILES string of the molecule is O=C(OCCOc1cc(I)c(S(=O)(=O)[O-])c(I)c1)c1ccc(O)c(I)c1. The molecule has 0 atom stereocenters. The maximum Gasteiger partial charge on any atom is 0.338 e. The maximum absolute atomic E-state index is 11.9. The van der Waals surface area contributed by atoms with E-state index in [1.165, 1.54) is 30.3 Å². The van der Waals surface area contributed by atoms with E-state index < -0.39 is 16.1 Å². The summed E-state index contributed by atoms with van der Waals surface area (Å²) in [7, 11) is -4.56. The van der Waals surface area contributed by atoms with E-state index in [1.54, 1.807) is 45.2 Å². The average molecular weight is 715 g/mol. The van der Waals surface area contributed by atoms with Gasteiger partial charge in [-0.05, 0) is 98.1 Å². The number of esters is 1. The number of phenolic OH excluding ortho intramolecular Hbond substituents is 1. The second kappa shape index (κ2) is 9.20. The Morgan fingerprint density at radius 1 is 1.04 bits per heavy atom. The van der Waals surface area contributed by atoms with E-state index in [-0.39, 0.29) is 31.0 Å². The first kappa shape index (κ1) is 21.9. The summed E-state index contributed by atoms with van der Waals surface area (Å²) >= 11 is 5.40. The molecule has 1 N–H and O–H groups in total. The quantitative estimate of drug-likeness (QED) is 0.212. The van der Waals surface area contributed by atoms with Crippen LogP contribution in [0.1, 0.15) is 10.4 Å². The molecule has 0 fully saturated rings. The van der Waals surface area contributed by atoms with Gasteiger partial charge in [0, 0.05) is 7.14 Å². The van der Waals surface area contributed by atoms with E-state index in [1.807, 2.05) is 22.6 Å². The van der Waals surface area contributed by atoms with Gasteiger partial charge in [-0.1, -0.05) is 0 Å². The first-order valence-electron chi connectivity index (χ1n) is 6.83. The van der Waals surface area contributed by atoms with Gasteiger partial charge in [-0.15, -0.1) is 0 Å². The molecule has 2 aromatic carbocycles. The van der Waals surface area contributed by atoms with Crippen LogP contribution in [0.3, 0.4) is 0 Å². The summed E-state index contributed by atoms with van der Waals surface area (Å²) in [6.45, 7) is 0.0294. The number of hydrogen-bond acceptors (Lipinski definition) is 7. The third-order valence-corrected chi connectivity index (χ3v) is 7.23. The van der Waals surface area contributed by atoms with Crippen molar-refractivity contribution in [1.29, 1.82) is 0 Å². The van der Waals surface area contributed by atoms with Gasteiger partial charge in [0.1, 0.15) is 34.8 Å². The third kappa shape index (κ3) is 5.80. The van der Waals surface area contributed by atoms with Gasteiger partial charge in [-0.3, -0.25) is 0 Å². The first-order valence-corrected chi connectivity index (χ1v) is 11.5. The van der Waals surface area contributed by atoms with Crippen LogP contribution in [0.2, 0.25) is 0 Å². The van der Waals surface area contributed by atoms with E-state index in [9.17, 15) is 22.9 Å². The monoisotopic (exact) mass is 715 g/mol. The molecule has 0 aromatic heterocycles. The number of benzene rings is 2. The fraction of sp³-hybridized carbons (Fsp3) is 0.133. The number of carbonyl (C=O) groups excluding carboxylic acids is 1. The Morgan fingerprint density at radius 2 is 1.65 bits per heavy atom. The van der Waals surface area contributed by atoms with E-state index in [0.29, 0.717) is 14.9 Å². The van der Waals surface area contributed by atoms with Crippen LogP contribution in [0.4, 0.5) is 0 Å². The summed E-state index contributed by atoms with van der Waals surface area (Å²) in [5, 5.41) is 9.44. The molecule has 0 radical (unpaired) electrons. The normalized spacial score (nSPS) is 11.2. The summed E-state index contributed by atoms with van der Waals surface area (Å²) in [5.74, 6) is -0.108. The van der Waals surface area contributed by atoms with Crippen molar-refractivity contribution in [3.8, 4) is 11.5 Å². The Kier molecular flexibility index (Phi) is 7.75. The minimum absolute atomic E-state index is 0.0228. The first-order chi connectivity index (χ1) is 12.1. The molecule has 0 aliphatic rings. The van der Waals surface area contributed by atoms with Gasteiger partial charge in [-0.2, -0.15) is 0 Å². The predicted octanol–water partition coefficient (Wildman–Crippen LogP) is 3.35. The van der Waals surface area contributed by atoms with Gasteiger partial charge in [0.2, 0.25) is 0 Å². The van der Waals surface area contributed by atoms with Crippen molar-refractivity contribution in [3.63, 3.8) is 0 Å². The molecule has 0 aliphatic carbocycles. The van der Waals surface area contributed by atoms with Gasteiger partial charge in [0.25, 0.3) is 0 Å². The number of hydrogen-bond donors (Lipinski definition) is 1. The molecule has 0 amide bonds. The number of rotatable bonds is 6. The number of phenols is 1. The Bertz CT molecular complexity index is 921. The topological polar surface area (TPSA) is 113 Å². The van der Waals surface area contributed by atoms with Crippen LogP contribution < -0.4 is 4.74 Å². The number of ether oxygens (including phenoxy) is 2. The lowest BCUT2D eigenvalue weighted by Gasteiger charge is -2.14. The zero-order valence-electron chi connectivity index (χ0n) is 12.7. The van der Waals surface area contributed by atoms with Crippen molar-refractivity contribution in [3.05, 3.63) is 46.6 Å². The Balaban J connectivity index is 1.94. The molecule has 140 valence electrons. The highest BCUT2D eigenvalue weighted by molar-refractivity contribution is 14.1. The smallest absolute Gasteiger partial charge is 0.338 e. The highest BCUT2D eigenvalue weighted by Gasteiger charge is 2.14. The molecule has 0 spiro atoms. The van der Waals surface area contributed by atoms with Gasteiger partial charge >= 0.3 is 5.97 Å². The van der Waals surface area contributed by atoms with Crippen LogP contribution in [-0.2, 0) is 14.9 Å². The van der Waals surface area contributed by atoms with E-state index in [2.05, 4.69) is 0 Å². The van der Waals surface area contributed by atoms with Gasteiger partial charge < -0.3 is 19.1 Å². The van der Waals surface area contributed by atoms with Crippen molar-refractivity contribution in [2.24, 2.45) is 0 Å². The van der Waals surface area contributed by atoms with Crippen LogP contribution >= 0.6 is 67.8 Å². The third-order valence-electron chi connectivity index (χ3n) is 2.99. The fourth-order valence-corrected chi connectivity index (χ4v) is 6.31. The molecular formula is C15H10I3O7S-. The van der Waals surface area contributed by atoms with Gasteiger partial charge in [0.15, 0.2) is 0 Å². The van der Waals surface area contributed by atoms with Crippen molar-refractivity contribution >= 4 is 83.9 Å². The van der Waals surface area contributed by atoms with Crippen molar-refractivity contribution in [2.75, 3.05) is 13.2 Å². The molecular weight excluding hydrogens is 705 g/mol. The van der Waals surface area contributed by atoms with Gasteiger partial charge in [0.05, 0.1) is 14.0 Å². The summed E-state index contributed by atoms with van der Waals surface area (Å²) in [6.07, 6.45) is 0. The predicted molar refractivity (Wildman–Crippen MR) is 116 cm³/mol. The molecule has 0 bridgehead atoms. The maximum atomic E-state index is 11.9. The lowest BCUT2D eigenvalue weighted by Crippen LogP contribution is -2.13. The molecule has 11 heteroatoms.